The van der Waals surface area contributed by atoms with E-state index in [0.29, 0.717) is 18.7 Å². The molecule has 5 heteroatoms. The minimum absolute atomic E-state index is 0.0320. The van der Waals surface area contributed by atoms with Gasteiger partial charge in [0, 0.05) is 43.0 Å². The number of H-pyrrole nitrogens is 1. The predicted octanol–water partition coefficient (Wildman–Crippen LogP) is 2.69. The lowest BCUT2D eigenvalue weighted by Crippen LogP contribution is -2.30. The maximum absolute atomic E-state index is 13.0. The Morgan fingerprint density at radius 1 is 1.24 bits per heavy atom. The highest BCUT2D eigenvalue weighted by Gasteiger charge is 2.21. The summed E-state index contributed by atoms with van der Waals surface area (Å²) in [6, 6.07) is 9.92. The summed E-state index contributed by atoms with van der Waals surface area (Å²) in [5, 5.41) is 10.1. The van der Waals surface area contributed by atoms with Crippen LogP contribution in [0, 0.1) is 0 Å². The minimum Gasteiger partial charge on any atom is -0.396 e. The standard InChI is InChI=1S/C20H21N3O2/c24-9-6-14-3-4-15-11-19(22-18(15)10-14)20(25)23-8-1-2-16-12-21-7-5-17(16)13-23/h3-5,7,10-12,22,24H,1-2,6,8-9,13H2. The van der Waals surface area contributed by atoms with Crippen LogP contribution in [0.4, 0.5) is 0 Å². The normalized spacial score (nSPS) is 14.4. The molecular formula is C20H21N3O2. The van der Waals surface area contributed by atoms with Crippen LogP contribution >= 0.6 is 0 Å². The molecule has 0 aliphatic carbocycles. The van der Waals surface area contributed by atoms with E-state index < -0.39 is 0 Å². The maximum Gasteiger partial charge on any atom is 0.270 e. The Kier molecular flexibility index (Phi) is 4.24. The van der Waals surface area contributed by atoms with Crippen molar-refractivity contribution in [3.05, 3.63) is 65.1 Å². The van der Waals surface area contributed by atoms with Crippen LogP contribution in [-0.2, 0) is 19.4 Å². The minimum atomic E-state index is 0.0320. The first-order chi connectivity index (χ1) is 12.2. The third-order valence-corrected chi connectivity index (χ3v) is 4.84. The van der Waals surface area contributed by atoms with E-state index in [1.54, 1.807) is 6.20 Å². The molecule has 0 saturated carbocycles. The Balaban J connectivity index is 1.61. The van der Waals surface area contributed by atoms with Crippen molar-refractivity contribution in [3.63, 3.8) is 0 Å². The number of benzene rings is 1. The van der Waals surface area contributed by atoms with Crippen LogP contribution in [0.3, 0.4) is 0 Å². The smallest absolute Gasteiger partial charge is 0.270 e. The number of nitrogens with zero attached hydrogens (tertiary/aromatic N) is 2. The molecule has 25 heavy (non-hydrogen) atoms. The summed E-state index contributed by atoms with van der Waals surface area (Å²) in [5.41, 5.74) is 5.04. The molecule has 3 heterocycles. The topological polar surface area (TPSA) is 69.2 Å². The van der Waals surface area contributed by atoms with E-state index in [2.05, 4.69) is 9.97 Å². The first kappa shape index (κ1) is 15.8. The zero-order valence-corrected chi connectivity index (χ0v) is 14.0. The second kappa shape index (κ2) is 6.69. The number of nitrogens with one attached hydrogen (secondary N) is 1. The van der Waals surface area contributed by atoms with Crippen LogP contribution in [-0.4, -0.2) is 39.0 Å². The molecular weight excluding hydrogens is 314 g/mol. The Hall–Kier alpha value is -2.66. The average molecular weight is 335 g/mol. The molecule has 0 atom stereocenters. The molecule has 0 saturated heterocycles. The molecule has 1 aliphatic rings. The monoisotopic (exact) mass is 335 g/mol. The van der Waals surface area contributed by atoms with Gasteiger partial charge in [-0.15, -0.1) is 0 Å². The van der Waals surface area contributed by atoms with Gasteiger partial charge in [-0.2, -0.15) is 0 Å². The van der Waals surface area contributed by atoms with Crippen molar-refractivity contribution in [2.45, 2.75) is 25.8 Å². The number of hydrogen-bond acceptors (Lipinski definition) is 3. The van der Waals surface area contributed by atoms with Crippen molar-refractivity contribution in [1.29, 1.82) is 0 Å². The molecule has 0 bridgehead atoms. The summed E-state index contributed by atoms with van der Waals surface area (Å²) < 4.78 is 0. The highest BCUT2D eigenvalue weighted by molar-refractivity contribution is 5.98. The highest BCUT2D eigenvalue weighted by atomic mass is 16.3. The summed E-state index contributed by atoms with van der Waals surface area (Å²) in [6.45, 7) is 1.50. The third kappa shape index (κ3) is 3.15. The average Bonchev–Trinajstić information content (AvgIpc) is 2.92. The quantitative estimate of drug-likeness (QED) is 0.773. The number of rotatable bonds is 3. The SMILES string of the molecule is O=C(c1cc2ccc(CCO)cc2[nH]1)N1CCCc2cnccc2C1. The molecule has 1 aromatic carbocycles. The Labute approximate surface area is 146 Å². The Bertz CT molecular complexity index is 916. The molecule has 1 amide bonds. The lowest BCUT2D eigenvalue weighted by molar-refractivity contribution is 0.0741. The Morgan fingerprint density at radius 3 is 3.04 bits per heavy atom. The molecule has 1 aliphatic heterocycles. The lowest BCUT2D eigenvalue weighted by atomic mass is 10.1. The molecule has 0 radical (unpaired) electrons. The predicted molar refractivity (Wildman–Crippen MR) is 96.4 cm³/mol. The number of aryl methyl sites for hydroxylation is 1. The van der Waals surface area contributed by atoms with Gasteiger partial charge in [0.05, 0.1) is 0 Å². The van der Waals surface area contributed by atoms with E-state index in [-0.39, 0.29) is 12.5 Å². The van der Waals surface area contributed by atoms with Crippen LogP contribution in [0.2, 0.25) is 0 Å². The number of fused-ring (bicyclic) bond motifs is 2. The van der Waals surface area contributed by atoms with Crippen molar-refractivity contribution in [2.24, 2.45) is 0 Å². The summed E-state index contributed by atoms with van der Waals surface area (Å²) >= 11 is 0. The van der Waals surface area contributed by atoms with Crippen LogP contribution in [0.1, 0.15) is 33.6 Å². The summed E-state index contributed by atoms with van der Waals surface area (Å²) in [7, 11) is 0. The van der Waals surface area contributed by atoms with Gasteiger partial charge in [0.2, 0.25) is 0 Å². The largest absolute Gasteiger partial charge is 0.396 e. The van der Waals surface area contributed by atoms with Gasteiger partial charge in [0.1, 0.15) is 5.69 Å². The summed E-state index contributed by atoms with van der Waals surface area (Å²) in [5.74, 6) is 0.0320. The second-order valence-electron chi connectivity index (χ2n) is 6.55. The fourth-order valence-corrected chi connectivity index (χ4v) is 3.50. The molecule has 0 fully saturated rings. The van der Waals surface area contributed by atoms with Crippen LogP contribution in [0.25, 0.3) is 10.9 Å². The zero-order chi connectivity index (χ0) is 17.2. The number of aromatic nitrogens is 2. The van der Waals surface area contributed by atoms with Crippen molar-refractivity contribution in [3.8, 4) is 0 Å². The number of pyridine rings is 1. The number of amides is 1. The van der Waals surface area contributed by atoms with E-state index in [4.69, 9.17) is 5.11 Å². The van der Waals surface area contributed by atoms with E-state index in [0.717, 1.165) is 35.9 Å². The van der Waals surface area contributed by atoms with Crippen molar-refractivity contribution in [2.75, 3.05) is 13.2 Å². The van der Waals surface area contributed by atoms with E-state index >= 15 is 0 Å². The molecule has 2 N–H and O–H groups in total. The Morgan fingerprint density at radius 2 is 2.16 bits per heavy atom. The highest BCUT2D eigenvalue weighted by Crippen LogP contribution is 2.22. The van der Waals surface area contributed by atoms with Gasteiger partial charge < -0.3 is 15.0 Å². The van der Waals surface area contributed by atoms with Crippen LogP contribution < -0.4 is 0 Å². The van der Waals surface area contributed by atoms with E-state index in [1.165, 1.54) is 11.1 Å². The van der Waals surface area contributed by atoms with Gasteiger partial charge in [0.25, 0.3) is 5.91 Å². The first-order valence-electron chi connectivity index (χ1n) is 8.68. The van der Waals surface area contributed by atoms with E-state index in [9.17, 15) is 4.79 Å². The van der Waals surface area contributed by atoms with Crippen molar-refractivity contribution in [1.82, 2.24) is 14.9 Å². The van der Waals surface area contributed by atoms with Gasteiger partial charge in [-0.05, 0) is 54.2 Å². The maximum atomic E-state index is 13.0. The van der Waals surface area contributed by atoms with Crippen LogP contribution in [0.15, 0.2) is 42.7 Å². The summed E-state index contributed by atoms with van der Waals surface area (Å²) in [4.78, 5) is 22.3. The van der Waals surface area contributed by atoms with Gasteiger partial charge in [-0.25, -0.2) is 0 Å². The number of hydrogen-bond donors (Lipinski definition) is 2. The number of aromatic amines is 1. The van der Waals surface area contributed by atoms with E-state index in [1.807, 2.05) is 41.4 Å². The molecule has 0 unspecified atom stereocenters. The number of carbonyl (C=O) groups excluding carboxylic acids is 1. The van der Waals surface area contributed by atoms with Crippen molar-refractivity contribution < 1.29 is 9.90 Å². The number of aliphatic hydroxyl groups excluding tert-OH is 1. The summed E-state index contributed by atoms with van der Waals surface area (Å²) in [6.07, 6.45) is 6.23. The molecule has 5 nitrogen and oxygen atoms in total. The fourth-order valence-electron chi connectivity index (χ4n) is 3.50. The molecule has 2 aromatic heterocycles. The van der Waals surface area contributed by atoms with Crippen LogP contribution in [0.5, 0.6) is 0 Å². The zero-order valence-electron chi connectivity index (χ0n) is 14.0. The molecule has 0 spiro atoms. The van der Waals surface area contributed by atoms with Gasteiger partial charge in [-0.3, -0.25) is 9.78 Å². The first-order valence-corrected chi connectivity index (χ1v) is 8.68. The van der Waals surface area contributed by atoms with Crippen molar-refractivity contribution >= 4 is 16.8 Å². The van der Waals surface area contributed by atoms with Gasteiger partial charge in [0.15, 0.2) is 0 Å². The molecule has 3 aromatic rings. The number of aliphatic hydroxyl groups is 1. The van der Waals surface area contributed by atoms with Gasteiger partial charge >= 0.3 is 0 Å². The third-order valence-electron chi connectivity index (χ3n) is 4.84. The lowest BCUT2D eigenvalue weighted by Gasteiger charge is -2.20. The molecule has 4 rings (SSSR count). The van der Waals surface area contributed by atoms with Gasteiger partial charge in [-0.1, -0.05) is 12.1 Å². The number of carbonyl (C=O) groups is 1. The molecule has 128 valence electrons. The second-order valence-corrected chi connectivity index (χ2v) is 6.55. The fraction of sp³-hybridized carbons (Fsp3) is 0.300.